The molecule has 0 aliphatic heterocycles. The van der Waals surface area contributed by atoms with Crippen molar-refractivity contribution in [2.45, 2.75) is 18.7 Å². The summed E-state index contributed by atoms with van der Waals surface area (Å²) in [5, 5.41) is 0. The third kappa shape index (κ3) is 3.48. The van der Waals surface area contributed by atoms with Gasteiger partial charge in [0.05, 0.1) is 10.6 Å². The van der Waals surface area contributed by atoms with Crippen LogP contribution in [-0.4, -0.2) is 20.7 Å². The van der Waals surface area contributed by atoms with Crippen LogP contribution >= 0.6 is 12.4 Å². The number of halogens is 1. The van der Waals surface area contributed by atoms with E-state index in [9.17, 15) is 8.42 Å². The van der Waals surface area contributed by atoms with Gasteiger partial charge in [-0.25, -0.2) is 8.42 Å². The van der Waals surface area contributed by atoms with Gasteiger partial charge in [0.15, 0.2) is 9.84 Å². The van der Waals surface area contributed by atoms with Gasteiger partial charge in [-0.2, -0.15) is 0 Å². The Morgan fingerprint density at radius 1 is 1.27 bits per heavy atom. The number of hydrogen-bond donors (Lipinski definition) is 1. The van der Waals surface area contributed by atoms with Gasteiger partial charge in [-0.3, -0.25) is 0 Å². The standard InChI is InChI=1S/C10H15NO2S.ClH/c1-8-3-4-9(2)10(7-8)14(12,13)6-5-11;/h3-4,7H,5-6,11H2,1-2H3;1H. The van der Waals surface area contributed by atoms with Crippen LogP contribution in [0, 0.1) is 13.8 Å². The Hall–Kier alpha value is -0.580. The van der Waals surface area contributed by atoms with Crippen LogP contribution in [0.25, 0.3) is 0 Å². The smallest absolute Gasteiger partial charge is 0.179 e. The number of sulfone groups is 1. The molecule has 0 radical (unpaired) electrons. The van der Waals surface area contributed by atoms with Gasteiger partial charge >= 0.3 is 0 Å². The second-order valence-corrected chi connectivity index (χ2v) is 5.45. The number of nitrogens with two attached hydrogens (primary N) is 1. The van der Waals surface area contributed by atoms with E-state index in [1.807, 2.05) is 19.1 Å². The van der Waals surface area contributed by atoms with Gasteiger partial charge in [0, 0.05) is 6.54 Å². The van der Waals surface area contributed by atoms with Crippen LogP contribution in [0.1, 0.15) is 11.1 Å². The summed E-state index contributed by atoms with van der Waals surface area (Å²) in [4.78, 5) is 0.406. The Morgan fingerprint density at radius 2 is 1.87 bits per heavy atom. The summed E-state index contributed by atoms with van der Waals surface area (Å²) < 4.78 is 23.5. The zero-order chi connectivity index (χ0) is 10.8. The lowest BCUT2D eigenvalue weighted by Gasteiger charge is -2.07. The molecule has 1 aromatic rings. The first-order valence-electron chi connectivity index (χ1n) is 4.47. The molecule has 0 amide bonds. The molecule has 0 saturated heterocycles. The fourth-order valence-corrected chi connectivity index (χ4v) is 2.76. The van der Waals surface area contributed by atoms with Crippen LogP contribution in [-0.2, 0) is 9.84 Å². The molecule has 0 aliphatic rings. The highest BCUT2D eigenvalue weighted by atomic mass is 35.5. The Kier molecular flexibility index (Phi) is 5.28. The van der Waals surface area contributed by atoms with Crippen molar-refractivity contribution in [3.8, 4) is 0 Å². The van der Waals surface area contributed by atoms with E-state index in [4.69, 9.17) is 5.73 Å². The second-order valence-electron chi connectivity index (χ2n) is 3.38. The molecule has 0 aromatic heterocycles. The normalized spacial score (nSPS) is 10.9. The predicted octanol–water partition coefficient (Wildman–Crippen LogP) is 1.46. The lowest BCUT2D eigenvalue weighted by Crippen LogP contribution is -2.16. The topological polar surface area (TPSA) is 60.2 Å². The SMILES string of the molecule is Cc1ccc(C)c(S(=O)(=O)CCN)c1.Cl. The van der Waals surface area contributed by atoms with Gasteiger partial charge in [0.25, 0.3) is 0 Å². The Balaban J connectivity index is 0.00000196. The third-order valence-electron chi connectivity index (χ3n) is 2.07. The van der Waals surface area contributed by atoms with Crippen LogP contribution in [0.15, 0.2) is 23.1 Å². The second kappa shape index (κ2) is 5.49. The lowest BCUT2D eigenvalue weighted by atomic mass is 10.2. The number of aryl methyl sites for hydroxylation is 2. The van der Waals surface area contributed by atoms with Crippen molar-refractivity contribution in [2.75, 3.05) is 12.3 Å². The first kappa shape index (κ1) is 14.4. The molecule has 0 bridgehead atoms. The first-order chi connectivity index (χ1) is 6.47. The van der Waals surface area contributed by atoms with Crippen LogP contribution in [0.4, 0.5) is 0 Å². The molecule has 3 nitrogen and oxygen atoms in total. The molecule has 0 unspecified atom stereocenters. The van der Waals surface area contributed by atoms with E-state index in [0.29, 0.717) is 4.90 Å². The van der Waals surface area contributed by atoms with Gasteiger partial charge in [-0.15, -0.1) is 12.4 Å². The van der Waals surface area contributed by atoms with Gasteiger partial charge in [0.1, 0.15) is 0 Å². The molecule has 0 saturated carbocycles. The van der Waals surface area contributed by atoms with Crippen LogP contribution in [0.2, 0.25) is 0 Å². The van der Waals surface area contributed by atoms with Crippen molar-refractivity contribution >= 4 is 22.2 Å². The van der Waals surface area contributed by atoms with Gasteiger partial charge < -0.3 is 5.73 Å². The summed E-state index contributed by atoms with van der Waals surface area (Å²) >= 11 is 0. The maximum absolute atomic E-state index is 11.7. The fourth-order valence-electron chi connectivity index (χ4n) is 1.31. The minimum absolute atomic E-state index is 0. The van der Waals surface area contributed by atoms with Gasteiger partial charge in [-0.05, 0) is 31.0 Å². The van der Waals surface area contributed by atoms with E-state index in [1.54, 1.807) is 13.0 Å². The summed E-state index contributed by atoms with van der Waals surface area (Å²) in [7, 11) is -3.19. The van der Waals surface area contributed by atoms with Crippen LogP contribution in [0.3, 0.4) is 0 Å². The van der Waals surface area contributed by atoms with Crippen LogP contribution in [0.5, 0.6) is 0 Å². The van der Waals surface area contributed by atoms with Gasteiger partial charge in [0.2, 0.25) is 0 Å². The summed E-state index contributed by atoms with van der Waals surface area (Å²) in [6.45, 7) is 3.83. The maximum atomic E-state index is 11.7. The highest BCUT2D eigenvalue weighted by Crippen LogP contribution is 2.17. The quantitative estimate of drug-likeness (QED) is 0.882. The molecule has 15 heavy (non-hydrogen) atoms. The van der Waals surface area contributed by atoms with Gasteiger partial charge in [-0.1, -0.05) is 12.1 Å². The monoisotopic (exact) mass is 249 g/mol. The summed E-state index contributed by atoms with van der Waals surface area (Å²) in [5.41, 5.74) is 6.99. The highest BCUT2D eigenvalue weighted by molar-refractivity contribution is 7.91. The van der Waals surface area contributed by atoms with Crippen molar-refractivity contribution in [3.63, 3.8) is 0 Å². The van der Waals surface area contributed by atoms with Crippen molar-refractivity contribution in [2.24, 2.45) is 5.73 Å². The molecule has 1 rings (SSSR count). The molecule has 0 atom stereocenters. The number of rotatable bonds is 3. The highest BCUT2D eigenvalue weighted by Gasteiger charge is 2.15. The van der Waals surface area contributed by atoms with E-state index in [1.165, 1.54) is 0 Å². The zero-order valence-electron chi connectivity index (χ0n) is 8.86. The van der Waals surface area contributed by atoms with E-state index < -0.39 is 9.84 Å². The lowest BCUT2D eigenvalue weighted by molar-refractivity contribution is 0.595. The molecule has 86 valence electrons. The van der Waals surface area contributed by atoms with E-state index >= 15 is 0 Å². The molecule has 0 heterocycles. The number of benzene rings is 1. The van der Waals surface area contributed by atoms with Crippen molar-refractivity contribution < 1.29 is 8.42 Å². The molecule has 5 heteroatoms. The summed E-state index contributed by atoms with van der Waals surface area (Å²) in [5.74, 6) is 0.0112. The average molecular weight is 250 g/mol. The number of hydrogen-bond acceptors (Lipinski definition) is 3. The van der Waals surface area contributed by atoms with E-state index in [-0.39, 0.29) is 24.7 Å². The fraction of sp³-hybridized carbons (Fsp3) is 0.400. The first-order valence-corrected chi connectivity index (χ1v) is 6.12. The predicted molar refractivity (Wildman–Crippen MR) is 64.3 cm³/mol. The minimum atomic E-state index is -3.19. The zero-order valence-corrected chi connectivity index (χ0v) is 10.5. The van der Waals surface area contributed by atoms with Crippen molar-refractivity contribution in [3.05, 3.63) is 29.3 Å². The van der Waals surface area contributed by atoms with Crippen LogP contribution < -0.4 is 5.73 Å². The summed E-state index contributed by atoms with van der Waals surface area (Å²) in [6.07, 6.45) is 0. The third-order valence-corrected chi connectivity index (χ3v) is 3.95. The molecule has 0 fully saturated rings. The molecule has 2 N–H and O–H groups in total. The van der Waals surface area contributed by atoms with E-state index in [2.05, 4.69) is 0 Å². The van der Waals surface area contributed by atoms with Crippen molar-refractivity contribution in [1.82, 2.24) is 0 Å². The molecule has 0 aliphatic carbocycles. The maximum Gasteiger partial charge on any atom is 0.179 e. The largest absolute Gasteiger partial charge is 0.329 e. The van der Waals surface area contributed by atoms with Crippen molar-refractivity contribution in [1.29, 1.82) is 0 Å². The van der Waals surface area contributed by atoms with E-state index in [0.717, 1.165) is 11.1 Å². The Bertz CT molecular complexity index is 429. The minimum Gasteiger partial charge on any atom is -0.329 e. The summed E-state index contributed by atoms with van der Waals surface area (Å²) in [6, 6.07) is 5.41. The average Bonchev–Trinajstić information content (AvgIpc) is 2.09. The Morgan fingerprint density at radius 3 is 2.40 bits per heavy atom. The Labute approximate surface area is 97.0 Å². The molecular formula is C10H16ClNO2S. The molecule has 0 spiro atoms. The molecular weight excluding hydrogens is 234 g/mol. The molecule has 1 aromatic carbocycles.